The van der Waals surface area contributed by atoms with E-state index in [0.29, 0.717) is 11.0 Å². The van der Waals surface area contributed by atoms with Gasteiger partial charge in [-0.1, -0.05) is 13.8 Å². The molecular weight excluding hydrogens is 270 g/mol. The van der Waals surface area contributed by atoms with Gasteiger partial charge in [-0.2, -0.15) is 0 Å². The van der Waals surface area contributed by atoms with Gasteiger partial charge in [-0.15, -0.1) is 11.3 Å². The van der Waals surface area contributed by atoms with Crippen molar-refractivity contribution in [3.63, 3.8) is 0 Å². The summed E-state index contributed by atoms with van der Waals surface area (Å²) in [6, 6.07) is 6.24. The second kappa shape index (κ2) is 5.32. The lowest BCUT2D eigenvalue weighted by Crippen LogP contribution is -2.35. The van der Waals surface area contributed by atoms with Gasteiger partial charge in [0.05, 0.1) is 17.9 Å². The van der Waals surface area contributed by atoms with Gasteiger partial charge in [0.25, 0.3) is 0 Å². The summed E-state index contributed by atoms with van der Waals surface area (Å²) in [5.41, 5.74) is 8.91. The molecule has 1 aromatic carbocycles. The van der Waals surface area contributed by atoms with Crippen LogP contribution in [-0.2, 0) is 0 Å². The van der Waals surface area contributed by atoms with Gasteiger partial charge in [-0.3, -0.25) is 0 Å². The molecule has 2 N–H and O–H groups in total. The van der Waals surface area contributed by atoms with E-state index in [1.165, 1.54) is 11.3 Å². The average molecular weight is 289 g/mol. The van der Waals surface area contributed by atoms with Crippen LogP contribution in [0.4, 0.5) is 10.8 Å². The third-order valence-corrected chi connectivity index (χ3v) is 4.00. The fraction of sp³-hybridized carbons (Fsp3) is 0.400. The summed E-state index contributed by atoms with van der Waals surface area (Å²) in [5, 5.41) is 2.60. The Morgan fingerprint density at radius 1 is 1.45 bits per heavy atom. The first-order valence-corrected chi connectivity index (χ1v) is 7.74. The predicted molar refractivity (Wildman–Crippen MR) is 84.5 cm³/mol. The molecule has 0 bridgehead atoms. The summed E-state index contributed by atoms with van der Waals surface area (Å²) in [6.45, 7) is 7.20. The zero-order valence-corrected chi connectivity index (χ0v) is 12.6. The number of benzene rings is 1. The lowest BCUT2D eigenvalue weighted by molar-refractivity contribution is 0.304. The molecular formula is C15H19N3OS. The van der Waals surface area contributed by atoms with Crippen LogP contribution in [0, 0.1) is 5.92 Å². The Morgan fingerprint density at radius 3 is 3.00 bits per heavy atom. The highest BCUT2D eigenvalue weighted by Crippen LogP contribution is 2.36. The predicted octanol–water partition coefficient (Wildman–Crippen LogP) is 3.25. The van der Waals surface area contributed by atoms with Gasteiger partial charge >= 0.3 is 0 Å². The highest BCUT2D eigenvalue weighted by Gasteiger charge is 2.19. The van der Waals surface area contributed by atoms with Gasteiger partial charge in [-0.25, -0.2) is 4.98 Å². The summed E-state index contributed by atoms with van der Waals surface area (Å²) in [6.07, 6.45) is 0. The molecule has 0 saturated heterocycles. The van der Waals surface area contributed by atoms with E-state index in [1.807, 2.05) is 17.5 Å². The molecule has 0 saturated carbocycles. The number of nitrogen functional groups attached to an aromatic ring is 1. The molecule has 4 nitrogen and oxygen atoms in total. The van der Waals surface area contributed by atoms with Crippen LogP contribution >= 0.6 is 11.3 Å². The zero-order chi connectivity index (χ0) is 14.1. The van der Waals surface area contributed by atoms with E-state index in [4.69, 9.17) is 10.5 Å². The molecule has 1 aromatic heterocycles. The molecule has 0 radical (unpaired) electrons. The van der Waals surface area contributed by atoms with Crippen LogP contribution in [0.25, 0.3) is 11.3 Å². The van der Waals surface area contributed by atoms with E-state index in [9.17, 15) is 0 Å². The molecule has 0 aliphatic carbocycles. The minimum Gasteiger partial charge on any atom is -0.490 e. The number of ether oxygens (including phenoxy) is 1. The Balaban J connectivity index is 1.97. The Hall–Kier alpha value is -1.75. The lowest BCUT2D eigenvalue weighted by Gasteiger charge is -2.32. The molecule has 0 spiro atoms. The Bertz CT molecular complexity index is 609. The van der Waals surface area contributed by atoms with E-state index < -0.39 is 0 Å². The van der Waals surface area contributed by atoms with Crippen molar-refractivity contribution in [2.45, 2.75) is 13.8 Å². The molecule has 0 fully saturated rings. The van der Waals surface area contributed by atoms with Crippen LogP contribution in [0.15, 0.2) is 23.6 Å². The minimum absolute atomic E-state index is 0.605. The second-order valence-electron chi connectivity index (χ2n) is 5.44. The van der Waals surface area contributed by atoms with Gasteiger partial charge in [0, 0.05) is 17.5 Å². The van der Waals surface area contributed by atoms with Crippen LogP contribution in [0.2, 0.25) is 0 Å². The number of nitrogens with two attached hydrogens (primary N) is 1. The maximum absolute atomic E-state index is 5.75. The van der Waals surface area contributed by atoms with Crippen molar-refractivity contribution in [3.8, 4) is 17.0 Å². The molecule has 0 atom stereocenters. The normalized spacial score (nSPS) is 14.2. The first kappa shape index (κ1) is 13.2. The van der Waals surface area contributed by atoms with Gasteiger partial charge in [0.15, 0.2) is 5.13 Å². The molecule has 106 valence electrons. The second-order valence-corrected chi connectivity index (χ2v) is 6.33. The van der Waals surface area contributed by atoms with Crippen LogP contribution in [0.5, 0.6) is 5.75 Å². The number of fused-ring (bicyclic) bond motifs is 1. The quantitative estimate of drug-likeness (QED) is 0.942. The molecule has 2 heterocycles. The number of hydrogen-bond donors (Lipinski definition) is 1. The molecule has 1 aliphatic heterocycles. The third-order valence-electron chi connectivity index (χ3n) is 3.32. The SMILES string of the molecule is CC(C)CN1CCOc2ccc(-c3csc(N)n3)cc21. The van der Waals surface area contributed by atoms with E-state index in [0.717, 1.165) is 42.4 Å². The Labute approximate surface area is 123 Å². The van der Waals surface area contributed by atoms with Crippen LogP contribution in [0.3, 0.4) is 0 Å². The molecule has 3 rings (SSSR count). The molecule has 2 aromatic rings. The maximum atomic E-state index is 5.75. The molecule has 1 aliphatic rings. The number of hydrogen-bond acceptors (Lipinski definition) is 5. The van der Waals surface area contributed by atoms with Crippen molar-refractivity contribution in [1.82, 2.24) is 4.98 Å². The van der Waals surface area contributed by atoms with Crippen molar-refractivity contribution < 1.29 is 4.74 Å². The minimum atomic E-state index is 0.605. The fourth-order valence-electron chi connectivity index (χ4n) is 2.48. The summed E-state index contributed by atoms with van der Waals surface area (Å²) in [7, 11) is 0. The molecule has 0 amide bonds. The number of aromatic nitrogens is 1. The summed E-state index contributed by atoms with van der Waals surface area (Å²) < 4.78 is 5.75. The molecule has 20 heavy (non-hydrogen) atoms. The van der Waals surface area contributed by atoms with Crippen molar-refractivity contribution >= 4 is 22.2 Å². The Morgan fingerprint density at radius 2 is 2.30 bits per heavy atom. The smallest absolute Gasteiger partial charge is 0.180 e. The van der Waals surface area contributed by atoms with Crippen molar-refractivity contribution in [1.29, 1.82) is 0 Å². The lowest BCUT2D eigenvalue weighted by atomic mass is 10.1. The number of nitrogens with zero attached hydrogens (tertiary/aromatic N) is 2. The van der Waals surface area contributed by atoms with E-state index in [1.54, 1.807) is 0 Å². The highest BCUT2D eigenvalue weighted by atomic mass is 32.1. The van der Waals surface area contributed by atoms with Crippen molar-refractivity contribution in [2.24, 2.45) is 5.92 Å². The van der Waals surface area contributed by atoms with Gasteiger partial charge in [0.1, 0.15) is 12.4 Å². The maximum Gasteiger partial charge on any atom is 0.180 e. The zero-order valence-electron chi connectivity index (χ0n) is 11.8. The fourth-order valence-corrected chi connectivity index (χ4v) is 3.05. The number of thiazole rings is 1. The monoisotopic (exact) mass is 289 g/mol. The number of anilines is 2. The molecule has 0 unspecified atom stereocenters. The summed E-state index contributed by atoms with van der Waals surface area (Å²) >= 11 is 1.47. The number of rotatable bonds is 3. The van der Waals surface area contributed by atoms with Crippen molar-refractivity contribution in [3.05, 3.63) is 23.6 Å². The highest BCUT2D eigenvalue weighted by molar-refractivity contribution is 7.13. The first-order chi connectivity index (χ1) is 9.63. The van der Waals surface area contributed by atoms with E-state index in [2.05, 4.69) is 29.8 Å². The average Bonchev–Trinajstić information content (AvgIpc) is 2.85. The van der Waals surface area contributed by atoms with Crippen LogP contribution in [0.1, 0.15) is 13.8 Å². The van der Waals surface area contributed by atoms with Crippen LogP contribution in [-0.4, -0.2) is 24.7 Å². The largest absolute Gasteiger partial charge is 0.490 e. The van der Waals surface area contributed by atoms with E-state index in [-0.39, 0.29) is 0 Å². The topological polar surface area (TPSA) is 51.4 Å². The van der Waals surface area contributed by atoms with E-state index >= 15 is 0 Å². The molecule has 5 heteroatoms. The van der Waals surface area contributed by atoms with Crippen LogP contribution < -0.4 is 15.4 Å². The first-order valence-electron chi connectivity index (χ1n) is 6.86. The standard InChI is InChI=1S/C15H19N3OS/c1-10(2)8-18-5-6-19-14-4-3-11(7-13(14)18)12-9-20-15(16)17-12/h3-4,7,9-10H,5-6,8H2,1-2H3,(H2,16,17). The Kier molecular flexibility index (Phi) is 3.53. The van der Waals surface area contributed by atoms with Gasteiger partial charge in [-0.05, 0) is 24.1 Å². The summed E-state index contributed by atoms with van der Waals surface area (Å²) in [5.74, 6) is 1.59. The van der Waals surface area contributed by atoms with Crippen molar-refractivity contribution in [2.75, 3.05) is 30.3 Å². The summed E-state index contributed by atoms with van der Waals surface area (Å²) in [4.78, 5) is 6.74. The van der Waals surface area contributed by atoms with Gasteiger partial charge in [0.2, 0.25) is 0 Å². The third kappa shape index (κ3) is 2.58. The van der Waals surface area contributed by atoms with Gasteiger partial charge < -0.3 is 15.4 Å².